The van der Waals surface area contributed by atoms with Gasteiger partial charge < -0.3 is 9.88 Å². The van der Waals surface area contributed by atoms with Crippen LogP contribution in [0.5, 0.6) is 0 Å². The summed E-state index contributed by atoms with van der Waals surface area (Å²) in [6.07, 6.45) is 0. The van der Waals surface area contributed by atoms with E-state index >= 15 is 0 Å². The van der Waals surface area contributed by atoms with Crippen LogP contribution in [0.2, 0.25) is 0 Å². The van der Waals surface area contributed by atoms with Gasteiger partial charge in [-0.15, -0.1) is 0 Å². The lowest BCUT2D eigenvalue weighted by molar-refractivity contribution is 0.101. The van der Waals surface area contributed by atoms with Crippen molar-refractivity contribution >= 4 is 11.5 Å². The number of ketones is 1. The van der Waals surface area contributed by atoms with Crippen molar-refractivity contribution in [2.45, 2.75) is 20.8 Å². The average molecular weight is 336 g/mol. The van der Waals surface area contributed by atoms with Crippen LogP contribution in [0.15, 0.2) is 54.6 Å². The van der Waals surface area contributed by atoms with E-state index in [9.17, 15) is 9.18 Å². The van der Waals surface area contributed by atoms with Crippen LogP contribution in [0.4, 0.5) is 10.1 Å². The molecule has 0 aliphatic carbocycles. The van der Waals surface area contributed by atoms with E-state index in [1.54, 1.807) is 12.1 Å². The molecule has 4 heteroatoms. The molecule has 0 fully saturated rings. The summed E-state index contributed by atoms with van der Waals surface area (Å²) in [5, 5.41) is 3.16. The second-order valence-corrected chi connectivity index (χ2v) is 6.24. The average Bonchev–Trinajstić information content (AvgIpc) is 2.90. The van der Waals surface area contributed by atoms with Gasteiger partial charge in [0.2, 0.25) is 0 Å². The Morgan fingerprint density at radius 3 is 2.28 bits per heavy atom. The highest BCUT2D eigenvalue weighted by Crippen LogP contribution is 2.21. The molecule has 0 saturated carbocycles. The predicted molar refractivity (Wildman–Crippen MR) is 99.2 cm³/mol. The highest BCUT2D eigenvalue weighted by molar-refractivity contribution is 6.00. The van der Waals surface area contributed by atoms with E-state index in [0.29, 0.717) is 5.56 Å². The maximum atomic E-state index is 13.2. The van der Waals surface area contributed by atoms with Gasteiger partial charge in [0, 0.05) is 28.3 Å². The minimum Gasteiger partial charge on any atom is -0.378 e. The summed E-state index contributed by atoms with van der Waals surface area (Å²) in [6, 6.07) is 16.1. The lowest BCUT2D eigenvalue weighted by Crippen LogP contribution is -2.14. The number of rotatable bonds is 5. The minimum absolute atomic E-state index is 0.0297. The smallest absolute Gasteiger partial charge is 0.183 e. The Balaban J connectivity index is 1.80. The van der Waals surface area contributed by atoms with Crippen LogP contribution in [-0.2, 0) is 0 Å². The number of nitrogens with zero attached hydrogens (tertiary/aromatic N) is 1. The molecule has 0 atom stereocenters. The van der Waals surface area contributed by atoms with Crippen molar-refractivity contribution < 1.29 is 9.18 Å². The molecular weight excluding hydrogens is 315 g/mol. The molecule has 0 saturated heterocycles. The number of nitrogens with one attached hydrogen (secondary N) is 1. The minimum atomic E-state index is -0.273. The summed E-state index contributed by atoms with van der Waals surface area (Å²) in [4.78, 5) is 12.6. The Kier molecular flexibility index (Phi) is 4.70. The van der Waals surface area contributed by atoms with E-state index in [2.05, 4.69) is 5.32 Å². The first-order valence-corrected chi connectivity index (χ1v) is 8.24. The second-order valence-electron chi connectivity index (χ2n) is 6.24. The highest BCUT2D eigenvalue weighted by atomic mass is 19.1. The van der Waals surface area contributed by atoms with Gasteiger partial charge >= 0.3 is 0 Å². The Hall–Kier alpha value is -2.88. The normalized spacial score (nSPS) is 10.7. The number of halogens is 1. The molecule has 1 N–H and O–H groups in total. The van der Waals surface area contributed by atoms with Crippen molar-refractivity contribution in [3.8, 4) is 5.69 Å². The molecule has 25 heavy (non-hydrogen) atoms. The molecule has 0 amide bonds. The molecule has 3 rings (SSSR count). The topological polar surface area (TPSA) is 34.0 Å². The van der Waals surface area contributed by atoms with Crippen LogP contribution < -0.4 is 5.32 Å². The standard InChI is InChI=1S/C21H21FN2O/c1-14-4-8-18(9-5-14)23-13-21(25)20-12-15(2)24(16(20)3)19-10-6-17(22)7-11-19/h4-12,23H,13H2,1-3H3. The van der Waals surface area contributed by atoms with Gasteiger partial charge in [0.1, 0.15) is 5.82 Å². The number of aryl methyl sites for hydroxylation is 2. The Morgan fingerprint density at radius 2 is 1.64 bits per heavy atom. The first kappa shape index (κ1) is 17.0. The molecule has 1 aromatic heterocycles. The number of aromatic nitrogens is 1. The second kappa shape index (κ2) is 6.93. The molecule has 0 aliphatic rings. The van der Waals surface area contributed by atoms with Gasteiger partial charge in [0.25, 0.3) is 0 Å². The van der Waals surface area contributed by atoms with E-state index < -0.39 is 0 Å². The zero-order valence-corrected chi connectivity index (χ0v) is 14.6. The van der Waals surface area contributed by atoms with E-state index in [4.69, 9.17) is 0 Å². The lowest BCUT2D eigenvalue weighted by Gasteiger charge is -2.10. The van der Waals surface area contributed by atoms with Gasteiger partial charge in [0.15, 0.2) is 5.78 Å². The fourth-order valence-corrected chi connectivity index (χ4v) is 2.98. The van der Waals surface area contributed by atoms with E-state index in [0.717, 1.165) is 22.8 Å². The lowest BCUT2D eigenvalue weighted by atomic mass is 10.1. The van der Waals surface area contributed by atoms with Crippen molar-refractivity contribution in [3.05, 3.63) is 82.9 Å². The Morgan fingerprint density at radius 1 is 1.00 bits per heavy atom. The van der Waals surface area contributed by atoms with Crippen LogP contribution >= 0.6 is 0 Å². The summed E-state index contributed by atoms with van der Waals surface area (Å²) < 4.78 is 15.1. The quantitative estimate of drug-likeness (QED) is 0.677. The molecule has 0 radical (unpaired) electrons. The van der Waals surface area contributed by atoms with Crippen LogP contribution in [-0.4, -0.2) is 16.9 Å². The van der Waals surface area contributed by atoms with Gasteiger partial charge in [-0.2, -0.15) is 0 Å². The number of hydrogen-bond donors (Lipinski definition) is 1. The Bertz CT molecular complexity index is 893. The molecule has 1 heterocycles. The molecule has 0 unspecified atom stereocenters. The third-order valence-corrected chi connectivity index (χ3v) is 4.32. The molecular formula is C21H21FN2O. The van der Waals surface area contributed by atoms with E-state index in [1.165, 1.54) is 17.7 Å². The van der Waals surface area contributed by atoms with Gasteiger partial charge in [-0.05, 0) is 63.2 Å². The first-order valence-electron chi connectivity index (χ1n) is 8.24. The van der Waals surface area contributed by atoms with Gasteiger partial charge in [0.05, 0.1) is 6.54 Å². The summed E-state index contributed by atoms with van der Waals surface area (Å²) >= 11 is 0. The van der Waals surface area contributed by atoms with Crippen molar-refractivity contribution in [2.75, 3.05) is 11.9 Å². The van der Waals surface area contributed by atoms with Crippen LogP contribution in [0.25, 0.3) is 5.69 Å². The Labute approximate surface area is 147 Å². The third-order valence-electron chi connectivity index (χ3n) is 4.32. The molecule has 0 bridgehead atoms. The molecule has 3 aromatic rings. The summed E-state index contributed by atoms with van der Waals surface area (Å²) in [5.74, 6) is -0.244. The fraction of sp³-hybridized carbons (Fsp3) is 0.190. The van der Waals surface area contributed by atoms with Crippen LogP contribution in [0.1, 0.15) is 27.3 Å². The molecule has 0 aliphatic heterocycles. The number of hydrogen-bond acceptors (Lipinski definition) is 2. The van der Waals surface area contributed by atoms with Crippen molar-refractivity contribution in [3.63, 3.8) is 0 Å². The number of benzene rings is 2. The van der Waals surface area contributed by atoms with Crippen LogP contribution in [0, 0.1) is 26.6 Å². The first-order chi connectivity index (χ1) is 12.0. The monoisotopic (exact) mass is 336 g/mol. The molecule has 2 aromatic carbocycles. The summed E-state index contributed by atoms with van der Waals surface area (Å²) in [5.41, 5.74) is 5.44. The van der Waals surface area contributed by atoms with Gasteiger partial charge in [-0.25, -0.2) is 4.39 Å². The number of carbonyl (C=O) groups is 1. The number of carbonyl (C=O) groups excluding carboxylic acids is 1. The van der Waals surface area contributed by atoms with E-state index in [-0.39, 0.29) is 18.1 Å². The van der Waals surface area contributed by atoms with Gasteiger partial charge in [-0.3, -0.25) is 4.79 Å². The predicted octanol–water partition coefficient (Wildman–Crippen LogP) is 4.84. The van der Waals surface area contributed by atoms with Crippen molar-refractivity contribution in [1.29, 1.82) is 0 Å². The van der Waals surface area contributed by atoms with Gasteiger partial charge in [-0.1, -0.05) is 17.7 Å². The number of Topliss-reactive ketones (excluding diaryl/α,β-unsaturated/α-hetero) is 1. The third kappa shape index (κ3) is 3.63. The zero-order chi connectivity index (χ0) is 18.0. The SMILES string of the molecule is Cc1ccc(NCC(=O)c2cc(C)n(-c3ccc(F)cc3)c2C)cc1. The zero-order valence-electron chi connectivity index (χ0n) is 14.6. The fourth-order valence-electron chi connectivity index (χ4n) is 2.98. The summed E-state index contributed by atoms with van der Waals surface area (Å²) in [7, 11) is 0. The van der Waals surface area contributed by atoms with Crippen LogP contribution in [0.3, 0.4) is 0 Å². The van der Waals surface area contributed by atoms with E-state index in [1.807, 2.05) is 55.7 Å². The molecule has 0 spiro atoms. The molecule has 3 nitrogen and oxygen atoms in total. The summed E-state index contributed by atoms with van der Waals surface area (Å²) in [6.45, 7) is 6.12. The highest BCUT2D eigenvalue weighted by Gasteiger charge is 2.16. The maximum absolute atomic E-state index is 13.2. The number of anilines is 1. The maximum Gasteiger partial charge on any atom is 0.183 e. The van der Waals surface area contributed by atoms with Crippen molar-refractivity contribution in [2.24, 2.45) is 0 Å². The molecule has 128 valence electrons. The van der Waals surface area contributed by atoms with Crippen molar-refractivity contribution in [1.82, 2.24) is 4.57 Å². The largest absolute Gasteiger partial charge is 0.378 e.